The maximum atomic E-state index is 11.1. The lowest BCUT2D eigenvalue weighted by molar-refractivity contribution is -0.137. The molecule has 0 saturated carbocycles. The zero-order valence-electron chi connectivity index (χ0n) is 22.2. The third-order valence-corrected chi connectivity index (χ3v) is 6.97. The number of carboxylic acids is 1. The number of Topliss-reactive ketones (excluding diaryl/α,β-unsaturated/α-hetero) is 1. The quantitative estimate of drug-likeness (QED) is 0.210. The van der Waals surface area contributed by atoms with Crippen LogP contribution in [0.1, 0.15) is 30.9 Å². The highest BCUT2D eigenvalue weighted by Crippen LogP contribution is 2.30. The van der Waals surface area contributed by atoms with Gasteiger partial charge in [0.25, 0.3) is 0 Å². The first-order valence-electron chi connectivity index (χ1n) is 13.1. The molecule has 5 N–H and O–H groups in total. The zero-order valence-corrected chi connectivity index (χ0v) is 22.2. The molecule has 200 valence electrons. The summed E-state index contributed by atoms with van der Waals surface area (Å²) in [5.41, 5.74) is 19.5. The van der Waals surface area contributed by atoms with E-state index in [1.165, 1.54) is 0 Å². The van der Waals surface area contributed by atoms with Gasteiger partial charge in [0.1, 0.15) is 5.78 Å². The summed E-state index contributed by atoms with van der Waals surface area (Å²) in [7, 11) is 0. The molecular weight excluding hydrogens is 500 g/mol. The molecule has 0 bridgehead atoms. The summed E-state index contributed by atoms with van der Waals surface area (Å²) in [5, 5.41) is 12.5. The van der Waals surface area contributed by atoms with Gasteiger partial charge in [-0.15, -0.1) is 0 Å². The number of ketones is 1. The molecule has 0 amide bonds. The van der Waals surface area contributed by atoms with Gasteiger partial charge in [-0.2, -0.15) is 0 Å². The van der Waals surface area contributed by atoms with Crippen molar-refractivity contribution in [3.8, 4) is 0 Å². The lowest BCUT2D eigenvalue weighted by Gasteiger charge is -2.08. The van der Waals surface area contributed by atoms with Crippen molar-refractivity contribution in [2.45, 2.75) is 32.6 Å². The molecule has 40 heavy (non-hydrogen) atoms. The number of carboxylic acid groups (broad SMARTS) is 1. The lowest BCUT2D eigenvalue weighted by Crippen LogP contribution is -1.98. The maximum Gasteiger partial charge on any atom is 0.303 e. The fraction of sp³-hybridized carbons (Fsp3) is 0.152. The monoisotopic (exact) mass is 530 g/mol. The second-order valence-corrected chi connectivity index (χ2v) is 9.88. The highest BCUT2D eigenvalue weighted by molar-refractivity contribution is 6.07. The summed E-state index contributed by atoms with van der Waals surface area (Å²) in [5.74, 6) is -0.593. The van der Waals surface area contributed by atoms with Crippen LogP contribution in [0.4, 0.5) is 11.4 Å². The number of fused-ring (bicyclic) bond motifs is 4. The summed E-state index contributed by atoms with van der Waals surface area (Å²) in [6, 6.07) is 27.4. The van der Waals surface area contributed by atoms with Crippen LogP contribution in [-0.4, -0.2) is 26.8 Å². The first-order chi connectivity index (χ1) is 19.3. The van der Waals surface area contributed by atoms with Crippen molar-refractivity contribution in [2.75, 3.05) is 11.5 Å². The molecule has 0 aliphatic rings. The Labute approximate surface area is 231 Å². The fourth-order valence-corrected chi connectivity index (χ4v) is 4.82. The van der Waals surface area contributed by atoms with Crippen LogP contribution in [-0.2, 0) is 22.4 Å². The Kier molecular flexibility index (Phi) is 7.55. The average molecular weight is 531 g/mol. The minimum absolute atomic E-state index is 0.117. The van der Waals surface area contributed by atoms with E-state index in [9.17, 15) is 9.59 Å². The van der Waals surface area contributed by atoms with Crippen LogP contribution in [0.2, 0.25) is 0 Å². The minimum atomic E-state index is -0.797. The number of carbonyl (C=O) groups excluding carboxylic acids is 1. The normalized spacial score (nSPS) is 11.0. The van der Waals surface area contributed by atoms with E-state index in [1.807, 2.05) is 84.9 Å². The van der Waals surface area contributed by atoms with E-state index in [-0.39, 0.29) is 12.2 Å². The number of hydrogen-bond acceptors (Lipinski definition) is 6. The van der Waals surface area contributed by atoms with Crippen LogP contribution < -0.4 is 11.5 Å². The molecule has 0 fully saturated rings. The molecular formula is C33H30N4O3. The smallest absolute Gasteiger partial charge is 0.303 e. The number of aryl methyl sites for hydroxylation is 2. The molecule has 6 rings (SSSR count). The molecule has 0 aliphatic carbocycles. The van der Waals surface area contributed by atoms with Crippen molar-refractivity contribution in [3.63, 3.8) is 0 Å². The van der Waals surface area contributed by atoms with Gasteiger partial charge in [0.15, 0.2) is 0 Å². The van der Waals surface area contributed by atoms with E-state index in [0.29, 0.717) is 18.5 Å². The molecule has 6 aromatic rings. The van der Waals surface area contributed by atoms with Gasteiger partial charge in [-0.05, 0) is 67.3 Å². The van der Waals surface area contributed by atoms with Crippen LogP contribution in [0.25, 0.3) is 43.6 Å². The standard InChI is InChI=1S/C17H16N2O.C16H14N2O2/c1-11(20)6-7-12-8-9-16-14(10-12)17(18)13-4-2-3-5-15(13)19-16;17-16-11-3-1-2-4-13(11)18-14-7-5-10(9-12(14)16)6-8-15(19)20/h2-5,8-10H,6-7H2,1H3,(H2,18,19);1-5,7,9H,6,8H2,(H2,17,18)(H,19,20). The number of pyridine rings is 2. The van der Waals surface area contributed by atoms with E-state index in [4.69, 9.17) is 16.6 Å². The fourth-order valence-electron chi connectivity index (χ4n) is 4.82. The summed E-state index contributed by atoms with van der Waals surface area (Å²) in [6.07, 6.45) is 1.92. The number of carbonyl (C=O) groups is 2. The molecule has 0 saturated heterocycles. The molecule has 2 heterocycles. The van der Waals surface area contributed by atoms with Gasteiger partial charge < -0.3 is 21.4 Å². The van der Waals surface area contributed by atoms with E-state index < -0.39 is 5.97 Å². The van der Waals surface area contributed by atoms with Crippen molar-refractivity contribution < 1.29 is 14.7 Å². The van der Waals surface area contributed by atoms with Crippen LogP contribution >= 0.6 is 0 Å². The topological polar surface area (TPSA) is 132 Å². The Morgan fingerprint density at radius 3 is 1.50 bits per heavy atom. The van der Waals surface area contributed by atoms with E-state index >= 15 is 0 Å². The van der Waals surface area contributed by atoms with Gasteiger partial charge in [0, 0.05) is 34.4 Å². The number of hydrogen-bond donors (Lipinski definition) is 3. The van der Waals surface area contributed by atoms with Crippen LogP contribution in [0.5, 0.6) is 0 Å². The summed E-state index contributed by atoms with van der Waals surface area (Å²) in [4.78, 5) is 30.9. The maximum absolute atomic E-state index is 11.1. The number of nitrogens with two attached hydrogens (primary N) is 2. The number of nitrogen functional groups attached to an aromatic ring is 2. The number of aromatic nitrogens is 2. The Bertz CT molecular complexity index is 1760. The summed E-state index contributed by atoms with van der Waals surface area (Å²) in [6.45, 7) is 1.62. The number of benzene rings is 4. The van der Waals surface area contributed by atoms with Gasteiger partial charge in [0.05, 0.1) is 33.4 Å². The Morgan fingerprint density at radius 1 is 0.625 bits per heavy atom. The number of nitrogens with zero attached hydrogens (tertiary/aromatic N) is 2. The van der Waals surface area contributed by atoms with E-state index in [2.05, 4.69) is 9.97 Å². The highest BCUT2D eigenvalue weighted by Gasteiger charge is 2.09. The molecule has 7 heteroatoms. The third-order valence-electron chi connectivity index (χ3n) is 6.97. The van der Waals surface area contributed by atoms with Gasteiger partial charge >= 0.3 is 5.97 Å². The SMILES string of the molecule is CC(=O)CCc1ccc2nc3ccccc3c(N)c2c1.Nc1c2ccccc2nc2ccc(CCC(=O)O)cc12. The first-order valence-corrected chi connectivity index (χ1v) is 13.1. The third kappa shape index (κ3) is 5.68. The molecule has 0 radical (unpaired) electrons. The van der Waals surface area contributed by atoms with Gasteiger partial charge in [-0.3, -0.25) is 4.79 Å². The molecule has 0 atom stereocenters. The summed E-state index contributed by atoms with van der Waals surface area (Å²) < 4.78 is 0. The van der Waals surface area contributed by atoms with Gasteiger partial charge in [0.2, 0.25) is 0 Å². The number of para-hydroxylation sites is 2. The minimum Gasteiger partial charge on any atom is -0.481 e. The van der Waals surface area contributed by atoms with E-state index in [1.54, 1.807) is 6.92 Å². The Hall–Kier alpha value is -5.04. The van der Waals surface area contributed by atoms with Crippen molar-refractivity contribution in [3.05, 3.63) is 96.1 Å². The largest absolute Gasteiger partial charge is 0.481 e. The van der Waals surface area contributed by atoms with E-state index in [0.717, 1.165) is 66.8 Å². The van der Waals surface area contributed by atoms with Crippen molar-refractivity contribution in [1.29, 1.82) is 0 Å². The Balaban J connectivity index is 0.000000161. The first kappa shape index (κ1) is 26.6. The predicted octanol–water partition coefficient (Wildman–Crippen LogP) is 6.48. The van der Waals surface area contributed by atoms with Gasteiger partial charge in [-0.1, -0.05) is 48.5 Å². The second-order valence-electron chi connectivity index (χ2n) is 9.88. The predicted molar refractivity (Wildman–Crippen MR) is 162 cm³/mol. The number of anilines is 2. The highest BCUT2D eigenvalue weighted by atomic mass is 16.4. The number of rotatable bonds is 6. The van der Waals surface area contributed by atoms with Crippen LogP contribution in [0.15, 0.2) is 84.9 Å². The Morgan fingerprint density at radius 2 is 1.05 bits per heavy atom. The molecule has 2 aromatic heterocycles. The average Bonchev–Trinajstić information content (AvgIpc) is 2.96. The van der Waals surface area contributed by atoms with Crippen molar-refractivity contribution >= 4 is 66.7 Å². The molecule has 0 aliphatic heterocycles. The van der Waals surface area contributed by atoms with Crippen molar-refractivity contribution in [1.82, 2.24) is 9.97 Å². The number of aliphatic carboxylic acids is 1. The summed E-state index contributed by atoms with van der Waals surface area (Å²) >= 11 is 0. The zero-order chi connectivity index (χ0) is 28.2. The van der Waals surface area contributed by atoms with Crippen LogP contribution in [0.3, 0.4) is 0 Å². The molecule has 7 nitrogen and oxygen atoms in total. The van der Waals surface area contributed by atoms with Crippen LogP contribution in [0, 0.1) is 0 Å². The lowest BCUT2D eigenvalue weighted by atomic mass is 10.0. The molecule has 0 spiro atoms. The molecule has 4 aromatic carbocycles. The van der Waals surface area contributed by atoms with Crippen molar-refractivity contribution in [2.24, 2.45) is 0 Å². The second kappa shape index (κ2) is 11.4. The molecule has 0 unspecified atom stereocenters. The van der Waals surface area contributed by atoms with Gasteiger partial charge in [-0.25, -0.2) is 9.97 Å².